The molecular weight excluding hydrogens is 164 g/mol. The van der Waals surface area contributed by atoms with E-state index in [9.17, 15) is 0 Å². The zero-order chi connectivity index (χ0) is 9.26. The normalized spacial score (nSPS) is 13.4. The second-order valence-corrected chi connectivity index (χ2v) is 3.20. The number of aromatic nitrogens is 4. The van der Waals surface area contributed by atoms with Crippen molar-refractivity contribution < 1.29 is 0 Å². The Labute approximate surface area is 76.4 Å². The predicted molar refractivity (Wildman–Crippen MR) is 50.4 cm³/mol. The fraction of sp³-hybridized carbons (Fsp3) is 0.444. The highest BCUT2D eigenvalue weighted by atomic mass is 15.1. The van der Waals surface area contributed by atoms with Gasteiger partial charge < -0.3 is 4.98 Å². The molecule has 0 saturated heterocycles. The molecule has 0 fully saturated rings. The van der Waals surface area contributed by atoms with E-state index in [4.69, 9.17) is 0 Å². The van der Waals surface area contributed by atoms with Crippen LogP contribution in [-0.4, -0.2) is 20.2 Å². The van der Waals surface area contributed by atoms with Gasteiger partial charge in [-0.2, -0.15) is 5.10 Å². The van der Waals surface area contributed by atoms with E-state index in [1.54, 1.807) is 6.20 Å². The number of aromatic amines is 1. The first-order chi connectivity index (χ1) is 6.31. The van der Waals surface area contributed by atoms with E-state index in [0.717, 1.165) is 17.8 Å². The van der Waals surface area contributed by atoms with Gasteiger partial charge in [0.25, 0.3) is 0 Å². The van der Waals surface area contributed by atoms with Crippen molar-refractivity contribution >= 4 is 11.2 Å². The van der Waals surface area contributed by atoms with Gasteiger partial charge in [0, 0.05) is 5.92 Å². The lowest BCUT2D eigenvalue weighted by Crippen LogP contribution is -1.93. The fourth-order valence-corrected chi connectivity index (χ4v) is 1.21. The SMILES string of the molecule is CCC(C)c1nc2nnccc2[nH]1. The van der Waals surface area contributed by atoms with Crippen molar-refractivity contribution in [3.8, 4) is 0 Å². The zero-order valence-electron chi connectivity index (χ0n) is 7.78. The molecule has 0 saturated carbocycles. The monoisotopic (exact) mass is 176 g/mol. The lowest BCUT2D eigenvalue weighted by molar-refractivity contribution is 0.691. The molecule has 0 aromatic carbocycles. The zero-order valence-corrected chi connectivity index (χ0v) is 7.78. The molecular formula is C9H12N4. The van der Waals surface area contributed by atoms with Crippen LogP contribution in [0.1, 0.15) is 32.0 Å². The van der Waals surface area contributed by atoms with Crippen LogP contribution in [0.4, 0.5) is 0 Å². The van der Waals surface area contributed by atoms with E-state index in [1.165, 1.54) is 0 Å². The van der Waals surface area contributed by atoms with Crippen LogP contribution >= 0.6 is 0 Å². The van der Waals surface area contributed by atoms with Crippen LogP contribution in [0, 0.1) is 0 Å². The standard InChI is InChI=1S/C9H12N4/c1-3-6(2)8-11-7-4-5-10-13-9(7)12-8/h4-6H,3H2,1-2H3,(H,11,12,13). The molecule has 0 bridgehead atoms. The molecule has 2 heterocycles. The van der Waals surface area contributed by atoms with Crippen molar-refractivity contribution in [3.05, 3.63) is 18.1 Å². The molecule has 4 heteroatoms. The second-order valence-electron chi connectivity index (χ2n) is 3.20. The van der Waals surface area contributed by atoms with Gasteiger partial charge in [-0.3, -0.25) is 0 Å². The largest absolute Gasteiger partial charge is 0.340 e. The van der Waals surface area contributed by atoms with Gasteiger partial charge in [0.2, 0.25) is 0 Å². The predicted octanol–water partition coefficient (Wildman–Crippen LogP) is 1.87. The van der Waals surface area contributed by atoms with Gasteiger partial charge in [-0.1, -0.05) is 13.8 Å². The third-order valence-electron chi connectivity index (χ3n) is 2.27. The van der Waals surface area contributed by atoms with Crippen LogP contribution in [0.2, 0.25) is 0 Å². The molecule has 0 spiro atoms. The van der Waals surface area contributed by atoms with Crippen LogP contribution in [0.25, 0.3) is 11.2 Å². The van der Waals surface area contributed by atoms with Crippen LogP contribution in [0.3, 0.4) is 0 Å². The number of H-pyrrole nitrogens is 1. The molecule has 1 atom stereocenters. The Morgan fingerprint density at radius 3 is 3.08 bits per heavy atom. The highest BCUT2D eigenvalue weighted by Gasteiger charge is 2.08. The summed E-state index contributed by atoms with van der Waals surface area (Å²) >= 11 is 0. The van der Waals surface area contributed by atoms with Gasteiger partial charge >= 0.3 is 0 Å². The molecule has 0 aliphatic rings. The fourth-order valence-electron chi connectivity index (χ4n) is 1.21. The highest BCUT2D eigenvalue weighted by molar-refractivity contribution is 5.69. The van der Waals surface area contributed by atoms with Crippen LogP contribution in [0.5, 0.6) is 0 Å². The Kier molecular flexibility index (Phi) is 1.96. The number of imidazole rings is 1. The van der Waals surface area contributed by atoms with Crippen LogP contribution < -0.4 is 0 Å². The third kappa shape index (κ3) is 1.39. The lowest BCUT2D eigenvalue weighted by atomic mass is 10.1. The summed E-state index contributed by atoms with van der Waals surface area (Å²) in [7, 11) is 0. The maximum atomic E-state index is 4.35. The summed E-state index contributed by atoms with van der Waals surface area (Å²) in [5.74, 6) is 1.45. The Hall–Kier alpha value is -1.45. The summed E-state index contributed by atoms with van der Waals surface area (Å²) in [6, 6.07) is 1.89. The summed E-state index contributed by atoms with van der Waals surface area (Å²) in [5, 5.41) is 7.71. The summed E-state index contributed by atoms with van der Waals surface area (Å²) < 4.78 is 0. The van der Waals surface area contributed by atoms with Gasteiger partial charge in [-0.15, -0.1) is 5.10 Å². The maximum absolute atomic E-state index is 4.35. The Morgan fingerprint density at radius 2 is 2.38 bits per heavy atom. The lowest BCUT2D eigenvalue weighted by Gasteiger charge is -2.01. The number of hydrogen-bond acceptors (Lipinski definition) is 3. The van der Waals surface area contributed by atoms with Crippen molar-refractivity contribution in [2.75, 3.05) is 0 Å². The average molecular weight is 176 g/mol. The van der Waals surface area contributed by atoms with Crippen molar-refractivity contribution in [2.45, 2.75) is 26.2 Å². The summed E-state index contributed by atoms with van der Waals surface area (Å²) in [5.41, 5.74) is 1.67. The number of nitrogens with zero attached hydrogens (tertiary/aromatic N) is 3. The van der Waals surface area contributed by atoms with E-state index in [1.807, 2.05) is 6.07 Å². The molecule has 1 N–H and O–H groups in total. The molecule has 2 rings (SSSR count). The minimum Gasteiger partial charge on any atom is -0.340 e. The molecule has 0 aliphatic heterocycles. The van der Waals surface area contributed by atoms with Crippen LogP contribution in [-0.2, 0) is 0 Å². The molecule has 0 radical (unpaired) electrons. The van der Waals surface area contributed by atoms with E-state index in [2.05, 4.69) is 34.0 Å². The van der Waals surface area contributed by atoms with Crippen LogP contribution in [0.15, 0.2) is 12.3 Å². The molecule has 13 heavy (non-hydrogen) atoms. The second kappa shape index (κ2) is 3.12. The van der Waals surface area contributed by atoms with Gasteiger partial charge in [0.15, 0.2) is 5.65 Å². The number of rotatable bonds is 2. The van der Waals surface area contributed by atoms with E-state index >= 15 is 0 Å². The molecule has 68 valence electrons. The van der Waals surface area contributed by atoms with Gasteiger partial charge in [-0.25, -0.2) is 4.98 Å². The smallest absolute Gasteiger partial charge is 0.199 e. The first kappa shape index (κ1) is 8.16. The number of nitrogens with one attached hydrogen (secondary N) is 1. The van der Waals surface area contributed by atoms with Crippen molar-refractivity contribution in [3.63, 3.8) is 0 Å². The van der Waals surface area contributed by atoms with Crippen molar-refractivity contribution in [1.29, 1.82) is 0 Å². The quantitative estimate of drug-likeness (QED) is 0.759. The summed E-state index contributed by atoms with van der Waals surface area (Å²) in [4.78, 5) is 7.59. The Bertz CT molecular complexity index is 374. The first-order valence-electron chi connectivity index (χ1n) is 4.48. The number of hydrogen-bond donors (Lipinski definition) is 1. The van der Waals surface area contributed by atoms with Gasteiger partial charge in [0.05, 0.1) is 11.7 Å². The van der Waals surface area contributed by atoms with Gasteiger partial charge in [0.1, 0.15) is 5.82 Å². The van der Waals surface area contributed by atoms with Crippen molar-refractivity contribution in [2.24, 2.45) is 0 Å². The summed E-state index contributed by atoms with van der Waals surface area (Å²) in [6.07, 6.45) is 2.74. The highest BCUT2D eigenvalue weighted by Crippen LogP contribution is 2.17. The molecule has 0 amide bonds. The molecule has 1 unspecified atom stereocenters. The number of fused-ring (bicyclic) bond motifs is 1. The summed E-state index contributed by atoms with van der Waals surface area (Å²) in [6.45, 7) is 4.29. The minimum atomic E-state index is 0.453. The first-order valence-corrected chi connectivity index (χ1v) is 4.48. The maximum Gasteiger partial charge on any atom is 0.199 e. The minimum absolute atomic E-state index is 0.453. The topological polar surface area (TPSA) is 54.5 Å². The van der Waals surface area contributed by atoms with E-state index in [-0.39, 0.29) is 0 Å². The Balaban J connectivity index is 2.49. The molecule has 0 aliphatic carbocycles. The Morgan fingerprint density at radius 1 is 1.54 bits per heavy atom. The van der Waals surface area contributed by atoms with E-state index in [0.29, 0.717) is 11.6 Å². The van der Waals surface area contributed by atoms with Gasteiger partial charge in [-0.05, 0) is 12.5 Å². The van der Waals surface area contributed by atoms with E-state index < -0.39 is 0 Å². The molecule has 2 aromatic rings. The average Bonchev–Trinajstić information content (AvgIpc) is 2.59. The van der Waals surface area contributed by atoms with Crippen molar-refractivity contribution in [1.82, 2.24) is 20.2 Å². The molecule has 4 nitrogen and oxygen atoms in total. The molecule has 2 aromatic heterocycles. The third-order valence-corrected chi connectivity index (χ3v) is 2.27.